The Morgan fingerprint density at radius 2 is 0.903 bits per heavy atom. The first-order valence-corrected chi connectivity index (χ1v) is 16.1. The molecule has 0 amide bonds. The van der Waals surface area contributed by atoms with E-state index in [4.69, 9.17) is 0 Å². The van der Waals surface area contributed by atoms with Gasteiger partial charge in [-0.1, -0.05) is 107 Å². The van der Waals surface area contributed by atoms with E-state index in [0.29, 0.717) is 0 Å². The molecule has 0 aliphatic carbocycles. The molecule has 2 nitrogen and oxygen atoms in total. The van der Waals surface area contributed by atoms with Crippen molar-refractivity contribution in [2.75, 3.05) is 37.3 Å². The molecule has 0 saturated carbocycles. The van der Waals surface area contributed by atoms with E-state index in [1.165, 1.54) is 40.8 Å². The number of hydrogen-bond donors (Lipinski definition) is 2. The minimum atomic E-state index is -0.615. The van der Waals surface area contributed by atoms with Crippen molar-refractivity contribution in [2.24, 2.45) is 0 Å². The smallest absolute Gasteiger partial charge is 0.0646 e. The van der Waals surface area contributed by atoms with Crippen molar-refractivity contribution < 1.29 is 10.2 Å². The molecular weight excluding hydrogens is 437 g/mol. The zero-order valence-electron chi connectivity index (χ0n) is 18.1. The highest BCUT2D eigenvalue weighted by atomic mass is 31.1. The summed E-state index contributed by atoms with van der Waals surface area (Å²) in [7, 11) is -1.15. The molecule has 31 heavy (non-hydrogen) atoms. The summed E-state index contributed by atoms with van der Waals surface area (Å²) < 4.78 is 0. The quantitative estimate of drug-likeness (QED) is 0.342. The minimum Gasteiger partial charge on any atom is -0.392 e. The number of rotatable bonds is 13. The maximum atomic E-state index is 9.40. The molecule has 0 aromatic heterocycles. The van der Waals surface area contributed by atoms with Gasteiger partial charge in [0, 0.05) is 0 Å². The molecule has 164 valence electrons. The molecule has 5 heteroatoms. The van der Waals surface area contributed by atoms with Gasteiger partial charge in [-0.05, 0) is 61.3 Å². The van der Waals surface area contributed by atoms with Gasteiger partial charge in [-0.2, -0.15) is 0 Å². The SMILES string of the molecule is OCP(CO)CCCP(CCCP(c1ccccc1)c1ccccc1)c1ccccc1. The summed E-state index contributed by atoms with van der Waals surface area (Å²) in [5, 5.41) is 23.2. The van der Waals surface area contributed by atoms with E-state index in [2.05, 4.69) is 91.0 Å². The molecular formula is C26H33O2P3. The lowest BCUT2D eigenvalue weighted by atomic mass is 10.4. The second kappa shape index (κ2) is 14.1. The molecule has 3 rings (SSSR count). The number of benzene rings is 3. The lowest BCUT2D eigenvalue weighted by Gasteiger charge is -2.22. The van der Waals surface area contributed by atoms with Gasteiger partial charge in [-0.15, -0.1) is 0 Å². The Morgan fingerprint density at radius 1 is 0.484 bits per heavy atom. The first kappa shape index (κ1) is 24.5. The van der Waals surface area contributed by atoms with Crippen molar-refractivity contribution in [1.29, 1.82) is 0 Å². The van der Waals surface area contributed by atoms with E-state index in [0.717, 1.165) is 12.6 Å². The summed E-state index contributed by atoms with van der Waals surface area (Å²) in [6.45, 7) is 0. The Labute approximate surface area is 191 Å². The first-order chi connectivity index (χ1) is 15.3. The van der Waals surface area contributed by atoms with Crippen LogP contribution in [0.2, 0.25) is 0 Å². The van der Waals surface area contributed by atoms with Gasteiger partial charge in [0.25, 0.3) is 0 Å². The Balaban J connectivity index is 1.65. The predicted octanol–water partition coefficient (Wildman–Crippen LogP) is 5.09. The maximum Gasteiger partial charge on any atom is 0.0646 e. The summed E-state index contributed by atoms with van der Waals surface area (Å²) in [6.07, 6.45) is 7.23. The van der Waals surface area contributed by atoms with Gasteiger partial charge >= 0.3 is 0 Å². The predicted molar refractivity (Wildman–Crippen MR) is 142 cm³/mol. The Hall–Kier alpha value is -1.13. The summed E-state index contributed by atoms with van der Waals surface area (Å²) in [5.41, 5.74) is 0. The first-order valence-electron chi connectivity index (χ1n) is 10.9. The van der Waals surface area contributed by atoms with Crippen LogP contribution in [-0.2, 0) is 0 Å². The summed E-state index contributed by atoms with van der Waals surface area (Å²) in [4.78, 5) is 0. The molecule has 0 bridgehead atoms. The lowest BCUT2D eigenvalue weighted by molar-refractivity contribution is 0.343. The number of aliphatic hydroxyl groups is 2. The van der Waals surface area contributed by atoms with E-state index in [9.17, 15) is 10.2 Å². The van der Waals surface area contributed by atoms with Gasteiger partial charge in [0.1, 0.15) is 0 Å². The summed E-state index contributed by atoms with van der Waals surface area (Å²) >= 11 is 0. The molecule has 0 fully saturated rings. The van der Waals surface area contributed by atoms with E-state index < -0.39 is 7.92 Å². The van der Waals surface area contributed by atoms with Crippen molar-refractivity contribution in [2.45, 2.75) is 12.8 Å². The van der Waals surface area contributed by atoms with Crippen LogP contribution in [-0.4, -0.2) is 47.6 Å². The molecule has 0 saturated heterocycles. The van der Waals surface area contributed by atoms with Crippen molar-refractivity contribution in [3.63, 3.8) is 0 Å². The van der Waals surface area contributed by atoms with Crippen LogP contribution in [0.3, 0.4) is 0 Å². The van der Waals surface area contributed by atoms with Crippen molar-refractivity contribution in [1.82, 2.24) is 0 Å². The fourth-order valence-corrected chi connectivity index (χ4v) is 9.97. The van der Waals surface area contributed by atoms with Crippen LogP contribution in [0.4, 0.5) is 0 Å². The number of aliphatic hydroxyl groups excluding tert-OH is 2. The molecule has 1 atom stereocenters. The van der Waals surface area contributed by atoms with Crippen LogP contribution >= 0.6 is 23.8 Å². The Bertz CT molecular complexity index is 803. The van der Waals surface area contributed by atoms with Crippen LogP contribution in [0.15, 0.2) is 91.0 Å². The van der Waals surface area contributed by atoms with Crippen molar-refractivity contribution in [3.8, 4) is 0 Å². The van der Waals surface area contributed by atoms with Crippen molar-refractivity contribution >= 4 is 39.7 Å². The Kier molecular flexibility index (Phi) is 11.2. The standard InChI is InChI=1S/C26H33O2P3/c27-22-29(23-28)18-10-19-30(24-12-4-1-5-13-24)20-11-21-31(25-14-6-2-7-15-25)26-16-8-3-9-17-26/h1-9,12-17,27-28H,10-11,18-23H2. The molecule has 3 aromatic carbocycles. The fraction of sp³-hybridized carbons (Fsp3) is 0.308. The highest BCUT2D eigenvalue weighted by molar-refractivity contribution is 7.73. The second-order valence-corrected chi connectivity index (χ2v) is 14.7. The monoisotopic (exact) mass is 470 g/mol. The normalized spacial score (nSPS) is 12.4. The van der Waals surface area contributed by atoms with E-state index in [-0.39, 0.29) is 28.5 Å². The van der Waals surface area contributed by atoms with E-state index in [1.54, 1.807) is 0 Å². The van der Waals surface area contributed by atoms with Crippen LogP contribution in [0, 0.1) is 0 Å². The average molecular weight is 470 g/mol. The van der Waals surface area contributed by atoms with E-state index in [1.807, 2.05) is 0 Å². The summed E-state index contributed by atoms with van der Waals surface area (Å²) in [5.74, 6) is 0. The second-order valence-electron chi connectivity index (χ2n) is 7.53. The van der Waals surface area contributed by atoms with Gasteiger partial charge in [-0.3, -0.25) is 0 Å². The van der Waals surface area contributed by atoms with Gasteiger partial charge in [-0.25, -0.2) is 0 Å². The molecule has 0 radical (unpaired) electrons. The lowest BCUT2D eigenvalue weighted by Crippen LogP contribution is -2.15. The molecule has 0 aliphatic heterocycles. The largest absolute Gasteiger partial charge is 0.392 e. The van der Waals surface area contributed by atoms with E-state index >= 15 is 0 Å². The van der Waals surface area contributed by atoms with Crippen LogP contribution in [0.1, 0.15) is 12.8 Å². The van der Waals surface area contributed by atoms with Gasteiger partial charge in [0.15, 0.2) is 0 Å². The highest BCUT2D eigenvalue weighted by Gasteiger charge is 2.16. The average Bonchev–Trinajstić information content (AvgIpc) is 2.85. The third-order valence-corrected chi connectivity index (χ3v) is 12.5. The van der Waals surface area contributed by atoms with Crippen LogP contribution in [0.25, 0.3) is 0 Å². The maximum absolute atomic E-state index is 9.40. The number of hydrogen-bond acceptors (Lipinski definition) is 2. The van der Waals surface area contributed by atoms with Gasteiger partial charge < -0.3 is 10.2 Å². The Morgan fingerprint density at radius 3 is 1.35 bits per heavy atom. The topological polar surface area (TPSA) is 40.5 Å². The minimum absolute atomic E-state index is 0.146. The van der Waals surface area contributed by atoms with Gasteiger partial charge in [0.2, 0.25) is 0 Å². The third-order valence-electron chi connectivity index (χ3n) is 5.37. The molecule has 0 heterocycles. The van der Waals surface area contributed by atoms with Crippen LogP contribution < -0.4 is 15.9 Å². The summed E-state index contributed by atoms with van der Waals surface area (Å²) in [6, 6.07) is 32.9. The zero-order valence-corrected chi connectivity index (χ0v) is 20.7. The van der Waals surface area contributed by atoms with Crippen LogP contribution in [0.5, 0.6) is 0 Å². The molecule has 2 N–H and O–H groups in total. The van der Waals surface area contributed by atoms with Gasteiger partial charge in [0.05, 0.1) is 12.7 Å². The zero-order chi connectivity index (χ0) is 21.7. The molecule has 0 spiro atoms. The molecule has 1 unspecified atom stereocenters. The molecule has 3 aromatic rings. The fourth-order valence-electron chi connectivity index (χ4n) is 3.72. The third kappa shape index (κ3) is 8.05. The molecule has 0 aliphatic rings. The highest BCUT2D eigenvalue weighted by Crippen LogP contribution is 2.42. The van der Waals surface area contributed by atoms with Crippen molar-refractivity contribution in [3.05, 3.63) is 91.0 Å².